The van der Waals surface area contributed by atoms with Crippen LogP contribution >= 0.6 is 12.4 Å². The lowest BCUT2D eigenvalue weighted by molar-refractivity contribution is -0.137. The number of nitrogens with one attached hydrogen (secondary N) is 2. The van der Waals surface area contributed by atoms with Gasteiger partial charge in [0.15, 0.2) is 0 Å². The minimum atomic E-state index is -4.68. The van der Waals surface area contributed by atoms with Gasteiger partial charge in [0.05, 0.1) is 21.7 Å². The Morgan fingerprint density at radius 3 is 2.50 bits per heavy atom. The highest BCUT2D eigenvalue weighted by Crippen LogP contribution is 2.31. The molecule has 0 aliphatic heterocycles. The molecule has 2 N–H and O–H groups in total. The summed E-state index contributed by atoms with van der Waals surface area (Å²) < 4.78 is 67.9. The molecule has 0 spiro atoms. The fourth-order valence-electron chi connectivity index (χ4n) is 2.78. The maximum Gasteiger partial charge on any atom is 0.416 e. The van der Waals surface area contributed by atoms with Crippen LogP contribution in [0.1, 0.15) is 22.3 Å². The molecule has 0 aliphatic rings. The Morgan fingerprint density at radius 1 is 1.06 bits per heavy atom. The van der Waals surface area contributed by atoms with E-state index in [4.69, 9.17) is 0 Å². The quantitative estimate of drug-likeness (QED) is 0.470. The number of rotatable bonds is 8. The minimum Gasteiger partial charge on any atom is -0.352 e. The molecule has 3 aromatic rings. The third-order valence-corrected chi connectivity index (χ3v) is 5.66. The topological polar surface area (TPSA) is 93.1 Å². The number of benzene rings is 2. The summed E-state index contributed by atoms with van der Waals surface area (Å²) in [7, 11) is -4.35. The number of hydrogen-bond acceptors (Lipinski definition) is 4. The lowest BCUT2D eigenvalue weighted by atomic mass is 10.1. The van der Waals surface area contributed by atoms with Crippen LogP contribution in [0.3, 0.4) is 0 Å². The van der Waals surface area contributed by atoms with Gasteiger partial charge in [-0.15, -0.1) is 12.4 Å². The molecule has 2 aromatic carbocycles. The van der Waals surface area contributed by atoms with Crippen molar-refractivity contribution in [2.24, 2.45) is 0 Å². The second-order valence-corrected chi connectivity index (χ2v) is 8.24. The van der Waals surface area contributed by atoms with Gasteiger partial charge in [0, 0.05) is 25.5 Å². The Bertz CT molecular complexity index is 1150. The standard InChI is InChI=1S/C20H19F3N4O3S.ClH/c21-20(22,23)15-6-3-7-16(14-15)31(29,30)26-18-9-2-1-8-17(18)19(28)24-10-4-12-27-13-5-11-25-27;/h1-3,5-9,11,13-14,26H,4,10,12H2,(H,24,28);1H. The molecule has 0 saturated heterocycles. The van der Waals surface area contributed by atoms with Gasteiger partial charge in [0.2, 0.25) is 0 Å². The van der Waals surface area contributed by atoms with Crippen LogP contribution in [0.15, 0.2) is 71.9 Å². The number of aryl methyl sites for hydroxylation is 1. The summed E-state index contributed by atoms with van der Waals surface area (Å²) in [5.41, 5.74) is -1.07. The first-order valence-electron chi connectivity index (χ1n) is 9.21. The monoisotopic (exact) mass is 488 g/mol. The molecule has 0 bridgehead atoms. The highest BCUT2D eigenvalue weighted by Gasteiger charge is 2.31. The summed E-state index contributed by atoms with van der Waals surface area (Å²) in [4.78, 5) is 12.0. The molecule has 0 saturated carbocycles. The van der Waals surface area contributed by atoms with E-state index < -0.39 is 32.6 Å². The van der Waals surface area contributed by atoms with Crippen molar-refractivity contribution in [3.63, 3.8) is 0 Å². The Hall–Kier alpha value is -3.05. The van der Waals surface area contributed by atoms with Gasteiger partial charge in [-0.25, -0.2) is 8.42 Å². The molecule has 1 amide bonds. The zero-order chi connectivity index (χ0) is 22.5. The molecule has 0 fully saturated rings. The van der Waals surface area contributed by atoms with Crippen molar-refractivity contribution >= 4 is 34.0 Å². The molecule has 12 heteroatoms. The summed E-state index contributed by atoms with van der Waals surface area (Å²) in [5.74, 6) is -0.511. The van der Waals surface area contributed by atoms with Gasteiger partial charge in [0.25, 0.3) is 15.9 Å². The van der Waals surface area contributed by atoms with Crippen LogP contribution in [0, 0.1) is 0 Å². The van der Waals surface area contributed by atoms with Gasteiger partial charge >= 0.3 is 6.18 Å². The van der Waals surface area contributed by atoms with E-state index in [1.807, 2.05) is 0 Å². The van der Waals surface area contributed by atoms with E-state index in [2.05, 4.69) is 15.1 Å². The Kier molecular flexibility index (Phi) is 8.28. The molecular weight excluding hydrogens is 469 g/mol. The summed E-state index contributed by atoms with van der Waals surface area (Å²) in [6, 6.07) is 11.0. The molecule has 0 aliphatic carbocycles. The second-order valence-electron chi connectivity index (χ2n) is 6.56. The Morgan fingerprint density at radius 2 is 1.81 bits per heavy atom. The Labute approximate surface area is 189 Å². The smallest absolute Gasteiger partial charge is 0.352 e. The fraction of sp³-hybridized carbons (Fsp3) is 0.200. The van der Waals surface area contributed by atoms with Gasteiger partial charge in [-0.05, 0) is 42.8 Å². The van der Waals surface area contributed by atoms with Crippen LogP contribution in [-0.2, 0) is 22.7 Å². The number of amides is 1. The summed E-state index contributed by atoms with van der Waals surface area (Å²) in [5, 5.41) is 6.75. The number of aromatic nitrogens is 2. The number of alkyl halides is 3. The van der Waals surface area contributed by atoms with E-state index in [1.54, 1.807) is 29.2 Å². The van der Waals surface area contributed by atoms with Crippen molar-refractivity contribution in [3.8, 4) is 0 Å². The fourth-order valence-corrected chi connectivity index (χ4v) is 3.91. The maximum atomic E-state index is 12.9. The van der Waals surface area contributed by atoms with Crippen molar-refractivity contribution < 1.29 is 26.4 Å². The molecule has 3 rings (SSSR count). The number of carbonyl (C=O) groups is 1. The molecule has 32 heavy (non-hydrogen) atoms. The normalized spacial score (nSPS) is 11.5. The maximum absolute atomic E-state index is 12.9. The van der Waals surface area contributed by atoms with Crippen molar-refractivity contribution in [1.29, 1.82) is 0 Å². The number of carbonyl (C=O) groups excluding carboxylic acids is 1. The van der Waals surface area contributed by atoms with Gasteiger partial charge < -0.3 is 5.32 Å². The van der Waals surface area contributed by atoms with Crippen molar-refractivity contribution in [3.05, 3.63) is 78.1 Å². The average Bonchev–Trinajstić information content (AvgIpc) is 3.24. The van der Waals surface area contributed by atoms with Crippen molar-refractivity contribution in [2.45, 2.75) is 24.0 Å². The summed E-state index contributed by atoms with van der Waals surface area (Å²) in [6.07, 6.45) is -0.643. The van der Waals surface area contributed by atoms with Crippen LogP contribution in [0.2, 0.25) is 0 Å². The molecule has 0 unspecified atom stereocenters. The van der Waals surface area contributed by atoms with Crippen LogP contribution in [0.25, 0.3) is 0 Å². The molecular formula is C20H20ClF3N4O3S. The summed E-state index contributed by atoms with van der Waals surface area (Å²) >= 11 is 0. The molecule has 1 heterocycles. The van der Waals surface area contributed by atoms with Gasteiger partial charge in [-0.3, -0.25) is 14.2 Å². The molecule has 7 nitrogen and oxygen atoms in total. The lowest BCUT2D eigenvalue weighted by Crippen LogP contribution is -2.27. The predicted octanol–water partition coefficient (Wildman–Crippen LogP) is 3.94. The number of halogens is 4. The van der Waals surface area contributed by atoms with Gasteiger partial charge in [-0.1, -0.05) is 18.2 Å². The highest BCUT2D eigenvalue weighted by molar-refractivity contribution is 7.92. The van der Waals surface area contributed by atoms with Crippen molar-refractivity contribution in [2.75, 3.05) is 11.3 Å². The SMILES string of the molecule is Cl.O=C(NCCCn1cccn1)c1ccccc1NS(=O)(=O)c1cccc(C(F)(F)F)c1. The molecule has 0 radical (unpaired) electrons. The number of para-hydroxylation sites is 1. The third-order valence-electron chi connectivity index (χ3n) is 4.30. The van der Waals surface area contributed by atoms with Crippen LogP contribution in [0.5, 0.6) is 0 Å². The molecule has 172 valence electrons. The van der Waals surface area contributed by atoms with Gasteiger partial charge in [-0.2, -0.15) is 18.3 Å². The van der Waals surface area contributed by atoms with E-state index in [1.165, 1.54) is 18.2 Å². The van der Waals surface area contributed by atoms with Gasteiger partial charge in [0.1, 0.15) is 0 Å². The number of nitrogens with zero attached hydrogens (tertiary/aromatic N) is 2. The van der Waals surface area contributed by atoms with Crippen molar-refractivity contribution in [1.82, 2.24) is 15.1 Å². The molecule has 1 aromatic heterocycles. The van der Waals surface area contributed by atoms with Crippen LogP contribution in [-0.4, -0.2) is 30.7 Å². The molecule has 0 atom stereocenters. The third kappa shape index (κ3) is 6.47. The Balaban J connectivity index is 0.00000363. The first-order chi connectivity index (χ1) is 14.7. The highest BCUT2D eigenvalue weighted by atomic mass is 35.5. The largest absolute Gasteiger partial charge is 0.416 e. The number of sulfonamides is 1. The zero-order valence-electron chi connectivity index (χ0n) is 16.5. The van der Waals surface area contributed by atoms with E-state index in [0.717, 1.165) is 18.2 Å². The van der Waals surface area contributed by atoms with E-state index in [-0.39, 0.29) is 23.7 Å². The van der Waals surface area contributed by atoms with E-state index >= 15 is 0 Å². The second kappa shape index (κ2) is 10.5. The average molecular weight is 489 g/mol. The lowest BCUT2D eigenvalue weighted by Gasteiger charge is -2.14. The predicted molar refractivity (Wildman–Crippen MR) is 115 cm³/mol. The minimum absolute atomic E-state index is 0. The first kappa shape index (κ1) is 25.2. The summed E-state index contributed by atoms with van der Waals surface area (Å²) in [6.45, 7) is 0.921. The zero-order valence-corrected chi connectivity index (χ0v) is 18.2. The van der Waals surface area contributed by atoms with E-state index in [0.29, 0.717) is 25.6 Å². The number of hydrogen-bond donors (Lipinski definition) is 2. The van der Waals surface area contributed by atoms with Crippen LogP contribution in [0.4, 0.5) is 18.9 Å². The van der Waals surface area contributed by atoms with Crippen LogP contribution < -0.4 is 10.0 Å². The first-order valence-corrected chi connectivity index (χ1v) is 10.7. The number of anilines is 1. The van der Waals surface area contributed by atoms with E-state index in [9.17, 15) is 26.4 Å².